The highest BCUT2D eigenvalue weighted by atomic mass is 19.1. The average molecular weight is 369 g/mol. The number of hydrogen-bond acceptors (Lipinski definition) is 5. The Morgan fingerprint density at radius 1 is 1.26 bits per heavy atom. The van der Waals surface area contributed by atoms with E-state index in [0.29, 0.717) is 43.8 Å². The van der Waals surface area contributed by atoms with Gasteiger partial charge in [0, 0.05) is 19.4 Å². The van der Waals surface area contributed by atoms with Gasteiger partial charge >= 0.3 is 0 Å². The molecule has 1 N–H and O–H groups in total. The fourth-order valence-corrected chi connectivity index (χ4v) is 3.52. The Kier molecular flexibility index (Phi) is 4.61. The number of halogens is 1. The summed E-state index contributed by atoms with van der Waals surface area (Å²) in [5.41, 5.74) is 1.90. The van der Waals surface area contributed by atoms with Crippen molar-refractivity contribution in [1.82, 2.24) is 15.5 Å². The van der Waals surface area contributed by atoms with Crippen molar-refractivity contribution in [3.05, 3.63) is 59.2 Å². The molecule has 0 spiro atoms. The topological polar surface area (TPSA) is 77.2 Å². The molecule has 3 aromatic rings. The number of nitrogens with zero attached hydrogens (tertiary/aromatic N) is 2. The molecule has 1 saturated heterocycles. The lowest BCUT2D eigenvalue weighted by Gasteiger charge is -2.38. The van der Waals surface area contributed by atoms with Crippen LogP contribution < -0.4 is 5.32 Å². The van der Waals surface area contributed by atoms with Gasteiger partial charge in [0.1, 0.15) is 5.82 Å². The van der Waals surface area contributed by atoms with Gasteiger partial charge in [0.25, 0.3) is 11.6 Å². The standard InChI is InChI=1S/C20H20FN3O3/c1-2-17-16-11-13(12-22-19(16)27-24-17)18(25)23-20(7-9-26-10-8-20)14-3-5-15(21)6-4-14/h3-6,11-12H,2,7-10H2,1H3,(H,23,25). The number of rotatable bonds is 4. The molecule has 1 aliphatic heterocycles. The molecule has 7 heteroatoms. The van der Waals surface area contributed by atoms with E-state index in [4.69, 9.17) is 9.26 Å². The first-order valence-corrected chi connectivity index (χ1v) is 9.02. The quantitative estimate of drug-likeness (QED) is 0.763. The summed E-state index contributed by atoms with van der Waals surface area (Å²) in [5, 5.41) is 7.87. The molecule has 2 aromatic heterocycles. The molecular weight excluding hydrogens is 349 g/mol. The molecule has 27 heavy (non-hydrogen) atoms. The van der Waals surface area contributed by atoms with E-state index in [0.717, 1.165) is 16.6 Å². The number of amides is 1. The monoisotopic (exact) mass is 369 g/mol. The number of aryl methyl sites for hydroxylation is 1. The number of carbonyl (C=O) groups is 1. The van der Waals surface area contributed by atoms with Crippen molar-refractivity contribution < 1.29 is 18.4 Å². The molecule has 6 nitrogen and oxygen atoms in total. The van der Waals surface area contributed by atoms with Gasteiger partial charge < -0.3 is 14.6 Å². The molecule has 0 saturated carbocycles. The molecule has 1 aliphatic rings. The van der Waals surface area contributed by atoms with Crippen LogP contribution in [0.2, 0.25) is 0 Å². The molecule has 1 amide bonds. The zero-order valence-corrected chi connectivity index (χ0v) is 15.0. The third kappa shape index (κ3) is 3.30. The van der Waals surface area contributed by atoms with Crippen LogP contribution in [0.5, 0.6) is 0 Å². The van der Waals surface area contributed by atoms with Crippen LogP contribution in [0.15, 0.2) is 41.1 Å². The van der Waals surface area contributed by atoms with Gasteiger partial charge in [-0.3, -0.25) is 4.79 Å². The van der Waals surface area contributed by atoms with E-state index < -0.39 is 5.54 Å². The Morgan fingerprint density at radius 2 is 2.00 bits per heavy atom. The number of fused-ring (bicyclic) bond motifs is 1. The molecule has 140 valence electrons. The Hall–Kier alpha value is -2.80. The van der Waals surface area contributed by atoms with Crippen LogP contribution in [0.4, 0.5) is 4.39 Å². The van der Waals surface area contributed by atoms with Crippen LogP contribution in [-0.4, -0.2) is 29.3 Å². The highest BCUT2D eigenvalue weighted by Gasteiger charge is 2.36. The zero-order valence-electron chi connectivity index (χ0n) is 15.0. The lowest BCUT2D eigenvalue weighted by atomic mass is 9.82. The van der Waals surface area contributed by atoms with Crippen LogP contribution in [-0.2, 0) is 16.7 Å². The average Bonchev–Trinajstić information content (AvgIpc) is 3.11. The lowest BCUT2D eigenvalue weighted by Crippen LogP contribution is -2.49. The van der Waals surface area contributed by atoms with E-state index in [-0.39, 0.29) is 11.7 Å². The van der Waals surface area contributed by atoms with Gasteiger partial charge in [0.2, 0.25) is 0 Å². The van der Waals surface area contributed by atoms with Gasteiger partial charge in [-0.2, -0.15) is 0 Å². The molecule has 0 unspecified atom stereocenters. The third-order valence-electron chi connectivity index (χ3n) is 5.10. The molecule has 0 atom stereocenters. The lowest BCUT2D eigenvalue weighted by molar-refractivity contribution is 0.0345. The number of nitrogens with one attached hydrogen (secondary N) is 1. The zero-order chi connectivity index (χ0) is 18.9. The van der Waals surface area contributed by atoms with Crippen LogP contribution in [0.3, 0.4) is 0 Å². The van der Waals surface area contributed by atoms with E-state index in [2.05, 4.69) is 15.5 Å². The summed E-state index contributed by atoms with van der Waals surface area (Å²) in [4.78, 5) is 17.2. The first kappa shape index (κ1) is 17.6. The van der Waals surface area contributed by atoms with Crippen LogP contribution in [0.1, 0.15) is 41.4 Å². The second-order valence-electron chi connectivity index (χ2n) is 6.72. The number of hydrogen-bond donors (Lipinski definition) is 1. The van der Waals surface area contributed by atoms with Gasteiger partial charge in [-0.1, -0.05) is 24.2 Å². The summed E-state index contributed by atoms with van der Waals surface area (Å²) in [6, 6.07) is 8.02. The smallest absolute Gasteiger partial charge is 0.257 e. The van der Waals surface area contributed by atoms with Crippen molar-refractivity contribution in [2.45, 2.75) is 31.7 Å². The Labute approximate surface area is 155 Å². The predicted octanol–water partition coefficient (Wildman–Crippen LogP) is 3.36. The van der Waals surface area contributed by atoms with Crippen molar-refractivity contribution in [3.8, 4) is 0 Å². The van der Waals surface area contributed by atoms with Gasteiger partial charge in [-0.15, -0.1) is 0 Å². The first-order chi connectivity index (χ1) is 13.1. The van der Waals surface area contributed by atoms with Crippen molar-refractivity contribution in [3.63, 3.8) is 0 Å². The second-order valence-corrected chi connectivity index (χ2v) is 6.72. The summed E-state index contributed by atoms with van der Waals surface area (Å²) in [7, 11) is 0. The maximum absolute atomic E-state index is 13.4. The van der Waals surface area contributed by atoms with E-state index in [1.807, 2.05) is 6.92 Å². The maximum Gasteiger partial charge on any atom is 0.257 e. The van der Waals surface area contributed by atoms with E-state index in [1.165, 1.54) is 18.3 Å². The summed E-state index contributed by atoms with van der Waals surface area (Å²) >= 11 is 0. The summed E-state index contributed by atoms with van der Waals surface area (Å²) < 4.78 is 24.0. The van der Waals surface area contributed by atoms with Crippen LogP contribution in [0, 0.1) is 5.82 Å². The van der Waals surface area contributed by atoms with Crippen LogP contribution >= 0.6 is 0 Å². The second kappa shape index (κ2) is 7.08. The van der Waals surface area contributed by atoms with E-state index >= 15 is 0 Å². The Balaban J connectivity index is 1.66. The third-order valence-corrected chi connectivity index (χ3v) is 5.10. The minimum atomic E-state index is -0.597. The van der Waals surface area contributed by atoms with Gasteiger partial charge in [-0.05, 0) is 43.0 Å². The minimum absolute atomic E-state index is 0.237. The molecule has 4 rings (SSSR count). The number of aromatic nitrogens is 2. The van der Waals surface area contributed by atoms with Crippen molar-refractivity contribution in [1.29, 1.82) is 0 Å². The normalized spacial score (nSPS) is 16.4. The largest absolute Gasteiger partial charge is 0.381 e. The highest BCUT2D eigenvalue weighted by Crippen LogP contribution is 2.33. The van der Waals surface area contributed by atoms with Crippen LogP contribution in [0.25, 0.3) is 11.1 Å². The van der Waals surface area contributed by atoms with Crippen molar-refractivity contribution in [2.75, 3.05) is 13.2 Å². The molecule has 1 fully saturated rings. The highest BCUT2D eigenvalue weighted by molar-refractivity contribution is 5.97. The summed E-state index contributed by atoms with van der Waals surface area (Å²) in [6.45, 7) is 3.02. The number of pyridine rings is 1. The molecule has 0 bridgehead atoms. The molecule has 0 radical (unpaired) electrons. The molecule has 1 aromatic carbocycles. The summed E-state index contributed by atoms with van der Waals surface area (Å²) in [6.07, 6.45) is 3.41. The van der Waals surface area contributed by atoms with Gasteiger partial charge in [-0.25, -0.2) is 9.37 Å². The van der Waals surface area contributed by atoms with Gasteiger partial charge in [0.15, 0.2) is 0 Å². The number of ether oxygens (including phenoxy) is 1. The first-order valence-electron chi connectivity index (χ1n) is 9.02. The predicted molar refractivity (Wildman–Crippen MR) is 96.8 cm³/mol. The summed E-state index contributed by atoms with van der Waals surface area (Å²) in [5.74, 6) is -0.541. The number of carbonyl (C=O) groups excluding carboxylic acids is 1. The van der Waals surface area contributed by atoms with Crippen molar-refractivity contribution >= 4 is 17.0 Å². The number of benzene rings is 1. The molecule has 3 heterocycles. The Morgan fingerprint density at radius 3 is 2.70 bits per heavy atom. The minimum Gasteiger partial charge on any atom is -0.381 e. The maximum atomic E-state index is 13.4. The van der Waals surface area contributed by atoms with E-state index in [9.17, 15) is 9.18 Å². The van der Waals surface area contributed by atoms with Crippen molar-refractivity contribution in [2.24, 2.45) is 0 Å². The Bertz CT molecular complexity index is 962. The van der Waals surface area contributed by atoms with E-state index in [1.54, 1.807) is 18.2 Å². The molecule has 0 aliphatic carbocycles. The fraction of sp³-hybridized carbons (Fsp3) is 0.350. The van der Waals surface area contributed by atoms with Gasteiger partial charge in [0.05, 0.1) is 22.2 Å². The molecular formula is C20H20FN3O3. The SMILES string of the molecule is CCc1noc2ncc(C(=O)NC3(c4ccc(F)cc4)CCOCC3)cc12. The fourth-order valence-electron chi connectivity index (χ4n) is 3.52.